The van der Waals surface area contributed by atoms with Gasteiger partial charge >= 0.3 is 0 Å². The van der Waals surface area contributed by atoms with Crippen molar-refractivity contribution < 1.29 is 4.74 Å². The molecule has 0 saturated heterocycles. The third-order valence-corrected chi connectivity index (χ3v) is 3.36. The number of hydrogen-bond acceptors (Lipinski definition) is 3. The molecule has 2 aromatic rings. The third-order valence-electron chi connectivity index (χ3n) is 3.36. The largest absolute Gasteiger partial charge is 0.496 e. The summed E-state index contributed by atoms with van der Waals surface area (Å²) in [5.41, 5.74) is 10.1. The molecule has 5 nitrogen and oxygen atoms in total. The molecule has 0 aliphatic carbocycles. The zero-order valence-corrected chi connectivity index (χ0v) is 11.7. The van der Waals surface area contributed by atoms with E-state index >= 15 is 0 Å². The molecule has 0 saturated carbocycles. The van der Waals surface area contributed by atoms with Crippen LogP contribution in [0.15, 0.2) is 16.9 Å². The zero-order valence-electron chi connectivity index (χ0n) is 11.7. The van der Waals surface area contributed by atoms with Gasteiger partial charge in [0.2, 0.25) is 0 Å². The van der Waals surface area contributed by atoms with Crippen LogP contribution in [0.3, 0.4) is 0 Å². The second-order valence-electron chi connectivity index (χ2n) is 4.67. The number of aromatic nitrogens is 2. The van der Waals surface area contributed by atoms with E-state index in [0.717, 1.165) is 28.1 Å². The molecule has 0 atom stereocenters. The summed E-state index contributed by atoms with van der Waals surface area (Å²) in [4.78, 5) is 11.9. The van der Waals surface area contributed by atoms with E-state index in [1.807, 2.05) is 26.0 Å². The number of aryl methyl sites for hydroxylation is 3. The van der Waals surface area contributed by atoms with Crippen molar-refractivity contribution in [2.75, 3.05) is 7.11 Å². The van der Waals surface area contributed by atoms with E-state index in [9.17, 15) is 4.79 Å². The quantitative estimate of drug-likeness (QED) is 0.878. The average molecular weight is 261 g/mol. The Balaban J connectivity index is 2.69. The van der Waals surface area contributed by atoms with Gasteiger partial charge in [-0.15, -0.1) is 0 Å². The molecule has 0 amide bonds. The summed E-state index contributed by atoms with van der Waals surface area (Å²) in [6.45, 7) is 4.18. The lowest BCUT2D eigenvalue weighted by molar-refractivity contribution is 0.411. The van der Waals surface area contributed by atoms with Crippen LogP contribution >= 0.6 is 0 Å². The first-order chi connectivity index (χ1) is 8.99. The lowest BCUT2D eigenvalue weighted by Gasteiger charge is -2.11. The first-order valence-electron chi connectivity index (χ1n) is 6.13. The molecule has 5 heteroatoms. The van der Waals surface area contributed by atoms with E-state index in [0.29, 0.717) is 5.56 Å². The molecule has 1 aromatic carbocycles. The smallest absolute Gasteiger partial charge is 0.271 e. The number of nitrogens with zero attached hydrogens (tertiary/aromatic N) is 1. The van der Waals surface area contributed by atoms with Crippen molar-refractivity contribution >= 4 is 0 Å². The minimum atomic E-state index is -0.0784. The molecular weight excluding hydrogens is 242 g/mol. The summed E-state index contributed by atoms with van der Waals surface area (Å²) in [6, 6.07) is 3.98. The minimum absolute atomic E-state index is 0.0784. The van der Waals surface area contributed by atoms with Crippen molar-refractivity contribution in [3.63, 3.8) is 0 Å². The van der Waals surface area contributed by atoms with Crippen LogP contribution in [0.1, 0.15) is 16.7 Å². The summed E-state index contributed by atoms with van der Waals surface area (Å²) in [5, 5.41) is 3.07. The van der Waals surface area contributed by atoms with Gasteiger partial charge < -0.3 is 10.5 Å². The number of nitrogens with one attached hydrogen (secondary N) is 1. The highest BCUT2D eigenvalue weighted by Gasteiger charge is 2.15. The van der Waals surface area contributed by atoms with Crippen LogP contribution in [0.5, 0.6) is 5.75 Å². The van der Waals surface area contributed by atoms with Crippen LogP contribution in [-0.2, 0) is 13.6 Å². The van der Waals surface area contributed by atoms with Gasteiger partial charge in [0.25, 0.3) is 5.56 Å². The van der Waals surface area contributed by atoms with E-state index in [-0.39, 0.29) is 12.1 Å². The van der Waals surface area contributed by atoms with Crippen molar-refractivity contribution in [1.29, 1.82) is 0 Å². The first-order valence-corrected chi connectivity index (χ1v) is 6.13. The molecule has 0 aliphatic rings. The number of nitrogens with two attached hydrogens (primary N) is 1. The molecule has 19 heavy (non-hydrogen) atoms. The SMILES string of the molecule is COc1cc(C)c(-c2[nH]n(C)c(=O)c2CN)cc1C. The predicted octanol–water partition coefficient (Wildman–Crippen LogP) is 1.46. The maximum atomic E-state index is 11.9. The average Bonchev–Trinajstić information content (AvgIpc) is 2.67. The van der Waals surface area contributed by atoms with E-state index in [2.05, 4.69) is 5.10 Å². The number of benzene rings is 1. The maximum absolute atomic E-state index is 11.9. The molecule has 2 rings (SSSR count). The van der Waals surface area contributed by atoms with Gasteiger partial charge in [0.15, 0.2) is 0 Å². The Morgan fingerprint density at radius 3 is 2.58 bits per heavy atom. The Morgan fingerprint density at radius 1 is 1.32 bits per heavy atom. The molecular formula is C14H19N3O2. The molecule has 3 N–H and O–H groups in total. The molecule has 0 bridgehead atoms. The molecule has 0 spiro atoms. The van der Waals surface area contributed by atoms with Crippen molar-refractivity contribution in [1.82, 2.24) is 9.78 Å². The lowest BCUT2D eigenvalue weighted by atomic mass is 9.99. The van der Waals surface area contributed by atoms with Crippen molar-refractivity contribution in [2.45, 2.75) is 20.4 Å². The molecule has 0 unspecified atom stereocenters. The van der Waals surface area contributed by atoms with E-state index in [4.69, 9.17) is 10.5 Å². The number of rotatable bonds is 3. The molecule has 0 fully saturated rings. The third kappa shape index (κ3) is 2.17. The van der Waals surface area contributed by atoms with Crippen molar-refractivity contribution in [3.8, 4) is 17.0 Å². The van der Waals surface area contributed by atoms with Crippen LogP contribution in [0, 0.1) is 13.8 Å². The van der Waals surface area contributed by atoms with Gasteiger partial charge in [-0.1, -0.05) is 0 Å². The number of hydrogen-bond donors (Lipinski definition) is 2. The van der Waals surface area contributed by atoms with Crippen LogP contribution in [-0.4, -0.2) is 16.9 Å². The van der Waals surface area contributed by atoms with E-state index in [1.54, 1.807) is 14.2 Å². The monoisotopic (exact) mass is 261 g/mol. The standard InChI is InChI=1S/C14H19N3O2/c1-8-6-12(19-4)9(2)5-10(8)13-11(7-15)14(18)17(3)16-13/h5-6,16H,7,15H2,1-4H3. The van der Waals surface area contributed by atoms with Crippen molar-refractivity contribution in [2.24, 2.45) is 12.8 Å². The molecule has 0 aliphatic heterocycles. The Bertz CT molecular complexity index is 668. The van der Waals surface area contributed by atoms with Gasteiger partial charge in [0, 0.05) is 19.2 Å². The van der Waals surface area contributed by atoms with Gasteiger partial charge in [0.1, 0.15) is 5.75 Å². The van der Waals surface area contributed by atoms with Gasteiger partial charge in [-0.3, -0.25) is 14.6 Å². The highest BCUT2D eigenvalue weighted by Crippen LogP contribution is 2.29. The van der Waals surface area contributed by atoms with Crippen LogP contribution < -0.4 is 16.0 Å². The fourth-order valence-electron chi connectivity index (χ4n) is 2.29. The summed E-state index contributed by atoms with van der Waals surface area (Å²) < 4.78 is 6.76. The molecule has 0 radical (unpaired) electrons. The number of aromatic amines is 1. The topological polar surface area (TPSA) is 73.0 Å². The van der Waals surface area contributed by atoms with Gasteiger partial charge in [-0.25, -0.2) is 0 Å². The molecule has 1 aromatic heterocycles. The van der Waals surface area contributed by atoms with E-state index < -0.39 is 0 Å². The van der Waals surface area contributed by atoms with Gasteiger partial charge in [0.05, 0.1) is 18.4 Å². The van der Waals surface area contributed by atoms with Gasteiger partial charge in [-0.2, -0.15) is 0 Å². The second kappa shape index (κ2) is 4.93. The number of ether oxygens (including phenoxy) is 1. The zero-order chi connectivity index (χ0) is 14.2. The predicted molar refractivity (Wildman–Crippen MR) is 75.4 cm³/mol. The van der Waals surface area contributed by atoms with Crippen LogP contribution in [0.25, 0.3) is 11.3 Å². The Labute approximate surface area is 112 Å². The lowest BCUT2D eigenvalue weighted by Crippen LogP contribution is -2.17. The van der Waals surface area contributed by atoms with Crippen molar-refractivity contribution in [3.05, 3.63) is 39.2 Å². The summed E-state index contributed by atoms with van der Waals surface area (Å²) >= 11 is 0. The second-order valence-corrected chi connectivity index (χ2v) is 4.67. The van der Waals surface area contributed by atoms with E-state index in [1.165, 1.54) is 4.68 Å². The fourth-order valence-corrected chi connectivity index (χ4v) is 2.29. The summed E-state index contributed by atoms with van der Waals surface area (Å²) in [5.74, 6) is 0.842. The fraction of sp³-hybridized carbons (Fsp3) is 0.357. The minimum Gasteiger partial charge on any atom is -0.496 e. The summed E-state index contributed by atoms with van der Waals surface area (Å²) in [6.07, 6.45) is 0. The van der Waals surface area contributed by atoms with Gasteiger partial charge in [-0.05, 0) is 37.1 Å². The number of methoxy groups -OCH3 is 1. The maximum Gasteiger partial charge on any atom is 0.271 e. The molecule has 1 heterocycles. The van der Waals surface area contributed by atoms with Crippen LogP contribution in [0.4, 0.5) is 0 Å². The Kier molecular flexibility index (Phi) is 3.48. The highest BCUT2D eigenvalue weighted by molar-refractivity contribution is 5.69. The normalized spacial score (nSPS) is 10.8. The first kappa shape index (κ1) is 13.4. The Morgan fingerprint density at radius 2 is 2.00 bits per heavy atom. The Hall–Kier alpha value is -2.01. The highest BCUT2D eigenvalue weighted by atomic mass is 16.5. The van der Waals surface area contributed by atoms with Crippen LogP contribution in [0.2, 0.25) is 0 Å². The number of H-pyrrole nitrogens is 1. The molecule has 102 valence electrons. The summed E-state index contributed by atoms with van der Waals surface area (Å²) in [7, 11) is 3.34.